The van der Waals surface area contributed by atoms with Crippen LogP contribution in [-0.2, 0) is 0 Å². The van der Waals surface area contributed by atoms with Crippen LogP contribution in [0.2, 0.25) is 13.1 Å². The van der Waals surface area contributed by atoms with E-state index in [1.54, 1.807) is 0 Å². The third-order valence-corrected chi connectivity index (χ3v) is 3.45. The van der Waals surface area contributed by atoms with Gasteiger partial charge in [-0.25, -0.2) is 0 Å². The minimum Gasteiger partial charge on any atom is -0.309 e. The fraction of sp³-hybridized carbons (Fsp3) is 0.778. The molecule has 1 unspecified atom stereocenters. The Morgan fingerprint density at radius 1 is 1.36 bits per heavy atom. The van der Waals surface area contributed by atoms with Crippen molar-refractivity contribution in [2.75, 3.05) is 0 Å². The highest BCUT2D eigenvalue weighted by atomic mass is 28.3. The minimum absolute atomic E-state index is 0.218. The molecule has 0 saturated carbocycles. The van der Waals surface area contributed by atoms with Crippen molar-refractivity contribution in [1.29, 1.82) is 0 Å². The number of nitrogens with one attached hydrogen (secondary N) is 1. The van der Waals surface area contributed by atoms with Crippen LogP contribution >= 0.6 is 0 Å². The first-order valence-corrected chi connectivity index (χ1v) is 7.24. The lowest BCUT2D eigenvalue weighted by molar-refractivity contribution is 0.430. The molecular weight excluding hydrogens is 150 g/mol. The summed E-state index contributed by atoms with van der Waals surface area (Å²) < 4.78 is 0. The molecule has 11 heavy (non-hydrogen) atoms. The molecule has 0 rings (SSSR count). The zero-order valence-electron chi connectivity index (χ0n) is 8.44. The van der Waals surface area contributed by atoms with Crippen LogP contribution in [0.5, 0.6) is 0 Å². The highest BCUT2D eigenvalue weighted by molar-refractivity contribution is 6.58. The van der Waals surface area contributed by atoms with E-state index in [1.165, 1.54) is 0 Å². The Morgan fingerprint density at radius 3 is 1.91 bits per heavy atom. The third kappa shape index (κ3) is 5.22. The summed E-state index contributed by atoms with van der Waals surface area (Å²) in [6, 6.07) is 0. The van der Waals surface area contributed by atoms with Crippen molar-refractivity contribution in [3.8, 4) is 0 Å². The molecule has 1 nitrogen and oxygen atoms in total. The first kappa shape index (κ1) is 10.9. The van der Waals surface area contributed by atoms with Crippen molar-refractivity contribution in [1.82, 2.24) is 5.32 Å². The average molecular weight is 171 g/mol. The Morgan fingerprint density at radius 2 is 1.82 bits per heavy atom. The van der Waals surface area contributed by atoms with Gasteiger partial charge in [0.15, 0.2) is 0 Å². The monoisotopic (exact) mass is 171 g/mol. The molecule has 0 aromatic heterocycles. The lowest BCUT2D eigenvalue weighted by Crippen LogP contribution is -2.48. The van der Waals surface area contributed by atoms with Crippen molar-refractivity contribution in [2.24, 2.45) is 0 Å². The largest absolute Gasteiger partial charge is 0.309 e. The minimum atomic E-state index is -0.614. The SMILES string of the molecule is C=CC(NC(C)(C)C)[SiH](C)C. The number of hydrogen-bond acceptors (Lipinski definition) is 1. The van der Waals surface area contributed by atoms with Crippen LogP contribution in [0.1, 0.15) is 20.8 Å². The summed E-state index contributed by atoms with van der Waals surface area (Å²) in [7, 11) is -0.614. The van der Waals surface area contributed by atoms with E-state index in [9.17, 15) is 0 Å². The molecule has 0 aromatic rings. The Bertz CT molecular complexity index is 124. The molecule has 0 fully saturated rings. The van der Waals surface area contributed by atoms with Crippen LogP contribution in [0.4, 0.5) is 0 Å². The van der Waals surface area contributed by atoms with Crippen molar-refractivity contribution in [3.63, 3.8) is 0 Å². The second-order valence-electron chi connectivity index (χ2n) is 4.40. The van der Waals surface area contributed by atoms with Gasteiger partial charge in [-0.1, -0.05) is 19.2 Å². The normalized spacial score (nSPS) is 15.1. The fourth-order valence-electron chi connectivity index (χ4n) is 0.998. The molecule has 0 aliphatic carbocycles. The van der Waals surface area contributed by atoms with Gasteiger partial charge in [0.1, 0.15) is 0 Å². The molecule has 2 heteroatoms. The van der Waals surface area contributed by atoms with E-state index in [-0.39, 0.29) is 5.54 Å². The lowest BCUT2D eigenvalue weighted by atomic mass is 10.1. The molecular formula is C9H21NSi. The predicted molar refractivity (Wildman–Crippen MR) is 55.8 cm³/mol. The molecule has 0 amide bonds. The van der Waals surface area contributed by atoms with E-state index in [2.05, 4.69) is 45.8 Å². The Kier molecular flexibility index (Phi) is 4.04. The smallest absolute Gasteiger partial charge is 0.0554 e. The molecule has 1 N–H and O–H groups in total. The molecule has 66 valence electrons. The Labute approximate surface area is 72.5 Å². The van der Waals surface area contributed by atoms with Gasteiger partial charge in [-0.2, -0.15) is 0 Å². The molecule has 0 spiro atoms. The second-order valence-corrected chi connectivity index (χ2v) is 7.61. The lowest BCUT2D eigenvalue weighted by Gasteiger charge is -2.28. The zero-order valence-corrected chi connectivity index (χ0v) is 9.59. The van der Waals surface area contributed by atoms with Crippen LogP contribution < -0.4 is 5.32 Å². The predicted octanol–water partition coefficient (Wildman–Crippen LogP) is 1.95. The van der Waals surface area contributed by atoms with Crippen molar-refractivity contribution in [2.45, 2.75) is 45.1 Å². The van der Waals surface area contributed by atoms with Crippen LogP contribution in [0.15, 0.2) is 12.7 Å². The van der Waals surface area contributed by atoms with E-state index in [1.807, 2.05) is 6.08 Å². The number of rotatable bonds is 3. The van der Waals surface area contributed by atoms with Gasteiger partial charge in [-0.3, -0.25) is 0 Å². The standard InChI is InChI=1S/C9H21NSi/c1-7-8(11(5)6)10-9(2,3)4/h7-8,10-11H,1H2,2-6H3. The van der Waals surface area contributed by atoms with Gasteiger partial charge >= 0.3 is 0 Å². The van der Waals surface area contributed by atoms with Gasteiger partial charge in [-0.15, -0.1) is 6.58 Å². The first-order chi connectivity index (χ1) is 4.87. The summed E-state index contributed by atoms with van der Waals surface area (Å²) >= 11 is 0. The van der Waals surface area contributed by atoms with Gasteiger partial charge in [-0.05, 0) is 20.8 Å². The summed E-state index contributed by atoms with van der Waals surface area (Å²) in [6.07, 6.45) is 2.04. The van der Waals surface area contributed by atoms with Crippen LogP contribution in [0, 0.1) is 0 Å². The van der Waals surface area contributed by atoms with Crippen LogP contribution in [0.3, 0.4) is 0 Å². The maximum absolute atomic E-state index is 3.84. The number of hydrogen-bond donors (Lipinski definition) is 1. The molecule has 0 aliphatic rings. The topological polar surface area (TPSA) is 12.0 Å². The summed E-state index contributed by atoms with van der Waals surface area (Å²) in [5, 5.41) is 3.55. The molecule has 0 heterocycles. The maximum Gasteiger partial charge on any atom is 0.0554 e. The zero-order chi connectivity index (χ0) is 9.07. The second kappa shape index (κ2) is 4.07. The van der Waals surface area contributed by atoms with Crippen LogP contribution in [0.25, 0.3) is 0 Å². The van der Waals surface area contributed by atoms with Gasteiger partial charge in [0.2, 0.25) is 0 Å². The summed E-state index contributed by atoms with van der Waals surface area (Å²) in [4.78, 5) is 0. The van der Waals surface area contributed by atoms with Gasteiger partial charge in [0, 0.05) is 11.2 Å². The molecule has 0 bridgehead atoms. The highest BCUT2D eigenvalue weighted by Crippen LogP contribution is 2.04. The van der Waals surface area contributed by atoms with Gasteiger partial charge in [0.25, 0.3) is 0 Å². The van der Waals surface area contributed by atoms with E-state index >= 15 is 0 Å². The molecule has 0 radical (unpaired) electrons. The molecule has 0 aliphatic heterocycles. The molecule has 0 saturated heterocycles. The summed E-state index contributed by atoms with van der Waals surface area (Å²) in [5.41, 5.74) is 0.783. The van der Waals surface area contributed by atoms with Crippen molar-refractivity contribution in [3.05, 3.63) is 12.7 Å². The van der Waals surface area contributed by atoms with E-state index < -0.39 is 8.80 Å². The highest BCUT2D eigenvalue weighted by Gasteiger charge is 2.17. The first-order valence-electron chi connectivity index (χ1n) is 4.27. The van der Waals surface area contributed by atoms with Crippen LogP contribution in [-0.4, -0.2) is 20.0 Å². The Hall–Kier alpha value is -0.0831. The summed E-state index contributed by atoms with van der Waals surface area (Å²) in [5.74, 6) is 0. The Balaban J connectivity index is 3.99. The quantitative estimate of drug-likeness (QED) is 0.505. The third-order valence-electron chi connectivity index (χ3n) is 1.57. The van der Waals surface area contributed by atoms with Gasteiger partial charge < -0.3 is 5.32 Å². The van der Waals surface area contributed by atoms with Crippen molar-refractivity contribution < 1.29 is 0 Å². The van der Waals surface area contributed by atoms with Gasteiger partial charge in [0.05, 0.1) is 8.80 Å². The maximum atomic E-state index is 3.84. The van der Waals surface area contributed by atoms with E-state index in [4.69, 9.17) is 0 Å². The van der Waals surface area contributed by atoms with E-state index in [0.29, 0.717) is 5.67 Å². The summed E-state index contributed by atoms with van der Waals surface area (Å²) in [6.45, 7) is 15.1. The average Bonchev–Trinajstić information content (AvgIpc) is 1.80. The van der Waals surface area contributed by atoms with Crippen molar-refractivity contribution >= 4 is 8.80 Å². The molecule has 0 aromatic carbocycles. The van der Waals surface area contributed by atoms with E-state index in [0.717, 1.165) is 0 Å². The molecule has 1 atom stereocenters. The fourth-order valence-corrected chi connectivity index (χ4v) is 2.38.